The Labute approximate surface area is 81.8 Å². The second kappa shape index (κ2) is 4.97. The molecule has 1 unspecified atom stereocenters. The third kappa shape index (κ3) is 2.44. The van der Waals surface area contributed by atoms with Gasteiger partial charge in [-0.15, -0.1) is 0 Å². The molecule has 2 heteroatoms. The minimum Gasteiger partial charge on any atom is -0.385 e. The minimum atomic E-state index is 0.443. The van der Waals surface area contributed by atoms with Crippen molar-refractivity contribution in [1.82, 2.24) is 0 Å². The third-order valence-corrected chi connectivity index (χ3v) is 3.81. The lowest BCUT2D eigenvalue weighted by Gasteiger charge is -2.34. The Morgan fingerprint density at radius 3 is 2.46 bits per heavy atom. The molecule has 0 aliphatic heterocycles. The maximum absolute atomic E-state index is 5.90. The second-order valence-electron chi connectivity index (χ2n) is 4.46. The predicted molar refractivity (Wildman–Crippen MR) is 55.6 cm³/mol. The monoisotopic (exact) mass is 185 g/mol. The van der Waals surface area contributed by atoms with Gasteiger partial charge in [0.05, 0.1) is 0 Å². The fraction of sp³-hybridized carbons (Fsp3) is 1.00. The first kappa shape index (κ1) is 11.0. The largest absolute Gasteiger partial charge is 0.385 e. The molecule has 78 valence electrons. The van der Waals surface area contributed by atoms with Crippen molar-refractivity contribution in [3.05, 3.63) is 0 Å². The summed E-state index contributed by atoms with van der Waals surface area (Å²) in [5, 5.41) is 0. The van der Waals surface area contributed by atoms with Crippen molar-refractivity contribution in [2.24, 2.45) is 17.1 Å². The first-order valence-electron chi connectivity index (χ1n) is 5.44. The van der Waals surface area contributed by atoms with Crippen molar-refractivity contribution in [3.63, 3.8) is 0 Å². The molecule has 1 rings (SSSR count). The first-order chi connectivity index (χ1) is 6.25. The Morgan fingerprint density at radius 2 is 2.00 bits per heavy atom. The third-order valence-electron chi connectivity index (χ3n) is 3.81. The molecule has 0 radical (unpaired) electrons. The zero-order valence-electron chi connectivity index (χ0n) is 9.01. The van der Waals surface area contributed by atoms with Crippen LogP contribution in [0.2, 0.25) is 0 Å². The van der Waals surface area contributed by atoms with E-state index in [-0.39, 0.29) is 0 Å². The van der Waals surface area contributed by atoms with E-state index in [1.165, 1.54) is 25.7 Å². The zero-order chi connectivity index (χ0) is 9.73. The highest BCUT2D eigenvalue weighted by Crippen LogP contribution is 2.44. The van der Waals surface area contributed by atoms with Gasteiger partial charge in [0.1, 0.15) is 0 Å². The number of rotatable bonds is 5. The summed E-state index contributed by atoms with van der Waals surface area (Å²) in [5.41, 5.74) is 6.34. The fourth-order valence-electron chi connectivity index (χ4n) is 2.58. The highest BCUT2D eigenvalue weighted by Gasteiger charge is 2.37. The van der Waals surface area contributed by atoms with E-state index in [2.05, 4.69) is 6.92 Å². The molecule has 1 aliphatic rings. The van der Waals surface area contributed by atoms with Crippen LogP contribution >= 0.6 is 0 Å². The maximum Gasteiger partial charge on any atom is 0.0465 e. The van der Waals surface area contributed by atoms with E-state index in [0.717, 1.165) is 25.5 Å². The van der Waals surface area contributed by atoms with Crippen LogP contribution in [0.1, 0.15) is 39.0 Å². The predicted octanol–water partition coefficient (Wildman–Crippen LogP) is 2.18. The van der Waals surface area contributed by atoms with Gasteiger partial charge in [-0.3, -0.25) is 0 Å². The van der Waals surface area contributed by atoms with E-state index in [9.17, 15) is 0 Å². The molecule has 0 bridgehead atoms. The van der Waals surface area contributed by atoms with Crippen molar-refractivity contribution in [3.8, 4) is 0 Å². The van der Waals surface area contributed by atoms with Gasteiger partial charge in [0, 0.05) is 13.7 Å². The van der Waals surface area contributed by atoms with Crippen LogP contribution in [0, 0.1) is 11.3 Å². The molecule has 1 aliphatic carbocycles. The first-order valence-corrected chi connectivity index (χ1v) is 5.44. The molecular weight excluding hydrogens is 162 g/mol. The Kier molecular flexibility index (Phi) is 4.20. The normalized spacial score (nSPS) is 23.3. The van der Waals surface area contributed by atoms with Crippen LogP contribution in [0.25, 0.3) is 0 Å². The van der Waals surface area contributed by atoms with E-state index < -0.39 is 0 Å². The van der Waals surface area contributed by atoms with Gasteiger partial charge in [0.25, 0.3) is 0 Å². The van der Waals surface area contributed by atoms with Crippen LogP contribution in [0.5, 0.6) is 0 Å². The fourth-order valence-corrected chi connectivity index (χ4v) is 2.58. The number of hydrogen-bond acceptors (Lipinski definition) is 2. The molecule has 0 aromatic rings. The number of methoxy groups -OCH3 is 1. The number of ether oxygens (including phenoxy) is 1. The standard InChI is InChI=1S/C11H23NO/c1-10(5-8-13-2)11(9-12)6-3-4-7-11/h10H,3-9,12H2,1-2H3. The molecule has 1 fully saturated rings. The SMILES string of the molecule is COCCC(C)C1(CN)CCCC1. The molecule has 2 nitrogen and oxygen atoms in total. The highest BCUT2D eigenvalue weighted by atomic mass is 16.5. The Morgan fingerprint density at radius 1 is 1.38 bits per heavy atom. The van der Waals surface area contributed by atoms with Crippen molar-refractivity contribution in [2.75, 3.05) is 20.3 Å². The van der Waals surface area contributed by atoms with Crippen LogP contribution in [0.4, 0.5) is 0 Å². The van der Waals surface area contributed by atoms with E-state index >= 15 is 0 Å². The molecule has 1 saturated carbocycles. The average Bonchev–Trinajstić information content (AvgIpc) is 2.63. The summed E-state index contributed by atoms with van der Waals surface area (Å²) in [6.45, 7) is 4.07. The second-order valence-corrected chi connectivity index (χ2v) is 4.46. The van der Waals surface area contributed by atoms with Gasteiger partial charge in [-0.1, -0.05) is 19.8 Å². The summed E-state index contributed by atoms with van der Waals surface area (Å²) in [4.78, 5) is 0. The smallest absolute Gasteiger partial charge is 0.0465 e. The Hall–Kier alpha value is -0.0800. The highest BCUT2D eigenvalue weighted by molar-refractivity contribution is 4.89. The Balaban J connectivity index is 2.44. The molecule has 0 saturated heterocycles. The van der Waals surface area contributed by atoms with Crippen LogP contribution < -0.4 is 5.73 Å². The van der Waals surface area contributed by atoms with Crippen LogP contribution in [0.15, 0.2) is 0 Å². The summed E-state index contributed by atoms with van der Waals surface area (Å²) in [5.74, 6) is 0.722. The van der Waals surface area contributed by atoms with Gasteiger partial charge in [0.15, 0.2) is 0 Å². The summed E-state index contributed by atoms with van der Waals surface area (Å²) in [6.07, 6.45) is 6.56. The number of hydrogen-bond donors (Lipinski definition) is 1. The average molecular weight is 185 g/mol. The van der Waals surface area contributed by atoms with Crippen LogP contribution in [-0.4, -0.2) is 20.3 Å². The molecule has 13 heavy (non-hydrogen) atoms. The molecule has 0 aromatic heterocycles. The van der Waals surface area contributed by atoms with Gasteiger partial charge in [-0.05, 0) is 37.1 Å². The van der Waals surface area contributed by atoms with Crippen molar-refractivity contribution >= 4 is 0 Å². The van der Waals surface area contributed by atoms with Gasteiger partial charge in [-0.2, -0.15) is 0 Å². The zero-order valence-corrected chi connectivity index (χ0v) is 9.01. The molecular formula is C11H23NO. The van der Waals surface area contributed by atoms with E-state index in [1.54, 1.807) is 7.11 Å². The molecule has 1 atom stereocenters. The maximum atomic E-state index is 5.90. The van der Waals surface area contributed by atoms with E-state index in [4.69, 9.17) is 10.5 Å². The molecule has 0 heterocycles. The van der Waals surface area contributed by atoms with Crippen molar-refractivity contribution in [1.29, 1.82) is 0 Å². The van der Waals surface area contributed by atoms with Gasteiger partial charge in [-0.25, -0.2) is 0 Å². The van der Waals surface area contributed by atoms with E-state index in [1.807, 2.05) is 0 Å². The van der Waals surface area contributed by atoms with Crippen molar-refractivity contribution in [2.45, 2.75) is 39.0 Å². The lowest BCUT2D eigenvalue weighted by molar-refractivity contribution is 0.122. The molecule has 0 spiro atoms. The number of nitrogens with two attached hydrogens (primary N) is 1. The summed E-state index contributed by atoms with van der Waals surface area (Å²) >= 11 is 0. The van der Waals surface area contributed by atoms with E-state index in [0.29, 0.717) is 5.41 Å². The van der Waals surface area contributed by atoms with Crippen LogP contribution in [0.3, 0.4) is 0 Å². The lowest BCUT2D eigenvalue weighted by atomic mass is 9.73. The van der Waals surface area contributed by atoms with Gasteiger partial charge >= 0.3 is 0 Å². The topological polar surface area (TPSA) is 35.2 Å². The van der Waals surface area contributed by atoms with Crippen molar-refractivity contribution < 1.29 is 4.74 Å². The molecule has 2 N–H and O–H groups in total. The van der Waals surface area contributed by atoms with Crippen LogP contribution in [-0.2, 0) is 4.74 Å². The van der Waals surface area contributed by atoms with Gasteiger partial charge < -0.3 is 10.5 Å². The quantitative estimate of drug-likeness (QED) is 0.712. The summed E-state index contributed by atoms with van der Waals surface area (Å²) < 4.78 is 5.12. The molecule has 0 aromatic carbocycles. The van der Waals surface area contributed by atoms with Gasteiger partial charge in [0.2, 0.25) is 0 Å². The summed E-state index contributed by atoms with van der Waals surface area (Å²) in [7, 11) is 1.77. The summed E-state index contributed by atoms with van der Waals surface area (Å²) in [6, 6.07) is 0. The Bertz CT molecular complexity index is 141. The minimum absolute atomic E-state index is 0.443. The molecule has 0 amide bonds. The lowest BCUT2D eigenvalue weighted by Crippen LogP contribution is -2.34.